The molecule has 0 saturated heterocycles. The molecule has 154 valence electrons. The molecule has 0 fully saturated rings. The first-order valence-corrected chi connectivity index (χ1v) is 10.4. The molecule has 0 amide bonds. The monoisotopic (exact) mass is 417 g/mol. The summed E-state index contributed by atoms with van der Waals surface area (Å²) < 4.78 is 17.4. The fourth-order valence-corrected chi connectivity index (χ4v) is 3.89. The lowest BCUT2D eigenvalue weighted by Crippen LogP contribution is -2.09. The van der Waals surface area contributed by atoms with Crippen molar-refractivity contribution in [3.63, 3.8) is 0 Å². The first-order chi connectivity index (χ1) is 15.8. The molecule has 0 spiro atoms. The molecular weight excluding hydrogens is 398 g/mol. The maximum absolute atomic E-state index is 6.05. The maximum atomic E-state index is 6.05. The van der Waals surface area contributed by atoms with Crippen LogP contribution in [0, 0.1) is 0 Å². The van der Waals surface area contributed by atoms with E-state index in [4.69, 9.17) is 13.3 Å². The van der Waals surface area contributed by atoms with Crippen molar-refractivity contribution < 1.29 is 13.3 Å². The molecule has 0 bridgehead atoms. The third-order valence-electron chi connectivity index (χ3n) is 5.41. The van der Waals surface area contributed by atoms with Crippen molar-refractivity contribution in [3.8, 4) is 22.8 Å². The Hall–Kier alpha value is -4.44. The molecule has 0 radical (unpaired) electrons. The van der Waals surface area contributed by atoms with Crippen molar-refractivity contribution in [2.45, 2.75) is 0 Å². The minimum Gasteiger partial charge on any atom is -0.461 e. The van der Waals surface area contributed by atoms with Gasteiger partial charge in [-0.15, -0.1) is 0 Å². The smallest absolute Gasteiger partial charge is 0.174 e. The number of fused-ring (bicyclic) bond motifs is 1. The van der Waals surface area contributed by atoms with Crippen molar-refractivity contribution in [3.05, 3.63) is 115 Å². The molecule has 3 aromatic carbocycles. The van der Waals surface area contributed by atoms with Crippen LogP contribution in [0.15, 0.2) is 129 Å². The SMILES string of the molecule is c1ccc(N(c2ccccc2)c2ccc(-c3cc4oc(-c5ccco5)cc4o3)cc2)cc1. The Morgan fingerprint density at radius 2 is 1.03 bits per heavy atom. The van der Waals surface area contributed by atoms with Gasteiger partial charge in [-0.2, -0.15) is 0 Å². The highest BCUT2D eigenvalue weighted by Gasteiger charge is 2.16. The Kier molecular flexibility index (Phi) is 4.40. The number of hydrogen-bond acceptors (Lipinski definition) is 4. The van der Waals surface area contributed by atoms with Crippen molar-refractivity contribution >= 4 is 28.2 Å². The summed E-state index contributed by atoms with van der Waals surface area (Å²) in [4.78, 5) is 2.23. The predicted molar refractivity (Wildman–Crippen MR) is 126 cm³/mol. The van der Waals surface area contributed by atoms with Crippen LogP contribution in [-0.4, -0.2) is 0 Å². The Morgan fingerprint density at radius 3 is 1.62 bits per heavy atom. The Balaban J connectivity index is 1.34. The normalized spacial score (nSPS) is 11.1. The van der Waals surface area contributed by atoms with E-state index in [-0.39, 0.29) is 0 Å². The molecule has 0 unspecified atom stereocenters. The van der Waals surface area contributed by atoms with Crippen LogP contribution in [0.4, 0.5) is 17.1 Å². The van der Waals surface area contributed by atoms with Gasteiger partial charge in [0.05, 0.1) is 6.26 Å². The van der Waals surface area contributed by atoms with Crippen molar-refractivity contribution in [2.75, 3.05) is 4.90 Å². The van der Waals surface area contributed by atoms with E-state index in [0.29, 0.717) is 22.7 Å². The first-order valence-electron chi connectivity index (χ1n) is 10.4. The lowest BCUT2D eigenvalue weighted by molar-refractivity contribution is 0.542. The number of hydrogen-bond donors (Lipinski definition) is 0. The van der Waals surface area contributed by atoms with Crippen LogP contribution in [0.1, 0.15) is 0 Å². The summed E-state index contributed by atoms with van der Waals surface area (Å²) >= 11 is 0. The van der Waals surface area contributed by atoms with Gasteiger partial charge >= 0.3 is 0 Å². The zero-order valence-electron chi connectivity index (χ0n) is 17.1. The van der Waals surface area contributed by atoms with E-state index in [1.54, 1.807) is 6.26 Å². The van der Waals surface area contributed by atoms with Crippen molar-refractivity contribution in [1.82, 2.24) is 0 Å². The summed E-state index contributed by atoms with van der Waals surface area (Å²) in [5.41, 5.74) is 5.67. The fourth-order valence-electron chi connectivity index (χ4n) is 3.89. The quantitative estimate of drug-likeness (QED) is 0.282. The van der Waals surface area contributed by atoms with E-state index < -0.39 is 0 Å². The van der Waals surface area contributed by atoms with Crippen LogP contribution in [-0.2, 0) is 0 Å². The number of anilines is 3. The number of furan rings is 3. The molecular formula is C28H19NO3. The Bertz CT molecular complexity index is 1370. The molecule has 0 atom stereocenters. The van der Waals surface area contributed by atoms with Gasteiger partial charge in [-0.1, -0.05) is 36.4 Å². The molecule has 3 heterocycles. The highest BCUT2D eigenvalue weighted by Crippen LogP contribution is 2.37. The second-order valence-corrected chi connectivity index (χ2v) is 7.48. The van der Waals surface area contributed by atoms with Crippen LogP contribution in [0.25, 0.3) is 34.0 Å². The molecule has 4 heteroatoms. The molecule has 32 heavy (non-hydrogen) atoms. The lowest BCUT2D eigenvalue weighted by atomic mass is 10.1. The molecule has 6 aromatic rings. The second kappa shape index (κ2) is 7.67. The van der Waals surface area contributed by atoms with Crippen LogP contribution < -0.4 is 4.90 Å². The third-order valence-corrected chi connectivity index (χ3v) is 5.41. The molecule has 4 nitrogen and oxygen atoms in total. The van der Waals surface area contributed by atoms with Crippen molar-refractivity contribution in [1.29, 1.82) is 0 Å². The molecule has 0 aliphatic heterocycles. The zero-order chi connectivity index (χ0) is 21.3. The first kappa shape index (κ1) is 18.3. The molecule has 3 aromatic heterocycles. The molecule has 0 N–H and O–H groups in total. The van der Waals surface area contributed by atoms with E-state index in [0.717, 1.165) is 28.4 Å². The van der Waals surface area contributed by atoms with Gasteiger partial charge in [0, 0.05) is 34.8 Å². The van der Waals surface area contributed by atoms with Gasteiger partial charge in [0.15, 0.2) is 22.7 Å². The van der Waals surface area contributed by atoms with Gasteiger partial charge < -0.3 is 18.2 Å². The maximum Gasteiger partial charge on any atom is 0.174 e. The van der Waals surface area contributed by atoms with E-state index in [1.807, 2.05) is 36.4 Å². The van der Waals surface area contributed by atoms with Crippen LogP contribution >= 0.6 is 0 Å². The standard InChI is InChI=1S/C28H19NO3/c1-3-8-21(9-4-1)29(22-10-5-2-6-11-22)23-15-13-20(14-16-23)25-18-27-28(31-25)19-26(32-27)24-12-7-17-30-24/h1-19H. The largest absolute Gasteiger partial charge is 0.461 e. The van der Waals surface area contributed by atoms with Gasteiger partial charge in [-0.25, -0.2) is 0 Å². The van der Waals surface area contributed by atoms with Gasteiger partial charge in [0.25, 0.3) is 0 Å². The number of rotatable bonds is 5. The minimum atomic E-state index is 0.659. The molecule has 0 saturated carbocycles. The highest BCUT2D eigenvalue weighted by atomic mass is 16.4. The number of benzene rings is 3. The second-order valence-electron chi connectivity index (χ2n) is 7.48. The summed E-state index contributed by atoms with van der Waals surface area (Å²) in [7, 11) is 0. The van der Waals surface area contributed by atoms with Gasteiger partial charge in [0.2, 0.25) is 0 Å². The zero-order valence-corrected chi connectivity index (χ0v) is 17.1. The summed E-state index contributed by atoms with van der Waals surface area (Å²) in [6.45, 7) is 0. The average molecular weight is 417 g/mol. The van der Waals surface area contributed by atoms with E-state index in [2.05, 4.69) is 77.7 Å². The van der Waals surface area contributed by atoms with Gasteiger partial charge in [-0.05, 0) is 60.7 Å². The number of nitrogens with zero attached hydrogens (tertiary/aromatic N) is 1. The Morgan fingerprint density at radius 1 is 0.469 bits per heavy atom. The summed E-state index contributed by atoms with van der Waals surface area (Å²) in [5.74, 6) is 2.11. The molecule has 0 aliphatic rings. The van der Waals surface area contributed by atoms with E-state index in [9.17, 15) is 0 Å². The van der Waals surface area contributed by atoms with Crippen LogP contribution in [0.3, 0.4) is 0 Å². The van der Waals surface area contributed by atoms with Crippen LogP contribution in [0.2, 0.25) is 0 Å². The molecule has 6 rings (SSSR count). The average Bonchev–Trinajstić information content (AvgIpc) is 3.58. The lowest BCUT2D eigenvalue weighted by Gasteiger charge is -2.25. The molecule has 0 aliphatic carbocycles. The summed E-state index contributed by atoms with van der Waals surface area (Å²) in [6, 6.07) is 36.5. The topological polar surface area (TPSA) is 42.7 Å². The fraction of sp³-hybridized carbons (Fsp3) is 0. The summed E-state index contributed by atoms with van der Waals surface area (Å²) in [6.07, 6.45) is 1.63. The number of para-hydroxylation sites is 2. The Labute approximate surface area is 184 Å². The summed E-state index contributed by atoms with van der Waals surface area (Å²) in [5, 5.41) is 0. The van der Waals surface area contributed by atoms with E-state index in [1.165, 1.54) is 0 Å². The predicted octanol–water partition coefficient (Wildman–Crippen LogP) is 8.42. The van der Waals surface area contributed by atoms with Crippen molar-refractivity contribution in [2.24, 2.45) is 0 Å². The van der Waals surface area contributed by atoms with Gasteiger partial charge in [0.1, 0.15) is 5.76 Å². The van der Waals surface area contributed by atoms with Gasteiger partial charge in [-0.3, -0.25) is 0 Å². The minimum absolute atomic E-state index is 0.659. The van der Waals surface area contributed by atoms with E-state index >= 15 is 0 Å². The van der Waals surface area contributed by atoms with Crippen LogP contribution in [0.5, 0.6) is 0 Å². The highest BCUT2D eigenvalue weighted by molar-refractivity contribution is 5.83. The third kappa shape index (κ3) is 3.28.